The van der Waals surface area contributed by atoms with Crippen LogP contribution < -0.4 is 0 Å². The first-order valence-corrected chi connectivity index (χ1v) is 2.30. The molecule has 1 aliphatic rings. The summed E-state index contributed by atoms with van der Waals surface area (Å²) in [5.74, 6) is 0. The first-order chi connectivity index (χ1) is 3.29. The molecular weight excluding hydrogens is 114 g/mol. The molecule has 4 heteroatoms. The van der Waals surface area contributed by atoms with E-state index in [1.807, 2.05) is 11.9 Å². The number of rotatable bonds is 0. The van der Waals surface area contributed by atoms with Crippen LogP contribution in [0.25, 0.3) is 0 Å². The molecule has 0 aromatic rings. The highest BCUT2D eigenvalue weighted by Crippen LogP contribution is 2.00. The molecule has 0 spiro atoms. The van der Waals surface area contributed by atoms with Gasteiger partial charge in [-0.05, 0) is 0 Å². The van der Waals surface area contributed by atoms with Gasteiger partial charge in [0.25, 0.3) is 0 Å². The Balaban J connectivity index is 2.42. The fourth-order valence-electron chi connectivity index (χ4n) is 0.401. The lowest BCUT2D eigenvalue weighted by molar-refractivity contribution is 0.394. The van der Waals surface area contributed by atoms with Gasteiger partial charge in [0.05, 0.1) is 0 Å². The summed E-state index contributed by atoms with van der Waals surface area (Å²) >= 11 is 5.40. The summed E-state index contributed by atoms with van der Waals surface area (Å²) in [5.41, 5.74) is 0. The topological polar surface area (TPSA) is 18.8 Å². The van der Waals surface area contributed by atoms with Crippen LogP contribution in [0.4, 0.5) is 0 Å². The molecule has 0 aliphatic carbocycles. The van der Waals surface area contributed by atoms with E-state index in [4.69, 9.17) is 11.8 Å². The fourth-order valence-corrected chi connectivity index (χ4v) is 0.609. The van der Waals surface area contributed by atoms with E-state index in [0.29, 0.717) is 6.67 Å². The van der Waals surface area contributed by atoms with Crippen molar-refractivity contribution in [1.82, 2.24) is 9.43 Å². The summed E-state index contributed by atoms with van der Waals surface area (Å²) in [7, 11) is 1.91. The predicted octanol–water partition coefficient (Wildman–Crippen LogP) is 0.288. The van der Waals surface area contributed by atoms with Gasteiger partial charge in [0.1, 0.15) is 13.0 Å². The van der Waals surface area contributed by atoms with Gasteiger partial charge in [-0.3, -0.25) is 0 Å². The van der Waals surface area contributed by atoms with Crippen LogP contribution in [0, 0.1) is 0 Å². The molecule has 3 nitrogen and oxygen atoms in total. The van der Waals surface area contributed by atoms with Gasteiger partial charge < -0.3 is 4.90 Å². The zero-order chi connectivity index (χ0) is 5.28. The molecule has 40 valence electrons. The number of hydrazone groups is 1. The van der Waals surface area contributed by atoms with E-state index in [1.54, 1.807) is 6.34 Å². The van der Waals surface area contributed by atoms with Crippen molar-refractivity contribution in [2.45, 2.75) is 0 Å². The SMILES string of the molecule is CN1C=NN(Cl)C1. The van der Waals surface area contributed by atoms with E-state index in [0.717, 1.165) is 0 Å². The third kappa shape index (κ3) is 0.962. The van der Waals surface area contributed by atoms with Crippen molar-refractivity contribution in [1.29, 1.82) is 0 Å². The summed E-state index contributed by atoms with van der Waals surface area (Å²) in [5, 5.41) is 3.72. The highest BCUT2D eigenvalue weighted by atomic mass is 35.5. The second-order valence-corrected chi connectivity index (χ2v) is 1.86. The summed E-state index contributed by atoms with van der Waals surface area (Å²) in [6.07, 6.45) is 1.67. The van der Waals surface area contributed by atoms with Gasteiger partial charge in [-0.15, -0.1) is 0 Å². The minimum Gasteiger partial charge on any atom is -0.344 e. The molecule has 0 atom stereocenters. The van der Waals surface area contributed by atoms with Crippen LogP contribution in [0.3, 0.4) is 0 Å². The molecule has 0 amide bonds. The lowest BCUT2D eigenvalue weighted by Gasteiger charge is -2.04. The Morgan fingerprint density at radius 1 is 1.86 bits per heavy atom. The maximum atomic E-state index is 5.40. The Morgan fingerprint density at radius 2 is 2.57 bits per heavy atom. The summed E-state index contributed by atoms with van der Waals surface area (Å²) < 4.78 is 1.35. The van der Waals surface area contributed by atoms with Crippen LogP contribution >= 0.6 is 11.8 Å². The molecule has 7 heavy (non-hydrogen) atoms. The molecule has 0 radical (unpaired) electrons. The van der Waals surface area contributed by atoms with Gasteiger partial charge >= 0.3 is 0 Å². The van der Waals surface area contributed by atoms with E-state index in [2.05, 4.69) is 5.10 Å². The number of hydrogen-bond donors (Lipinski definition) is 0. The maximum absolute atomic E-state index is 5.40. The normalized spacial score (nSPS) is 19.1. The first kappa shape index (κ1) is 4.71. The molecule has 0 saturated carbocycles. The minimum absolute atomic E-state index is 0.682. The third-order valence-electron chi connectivity index (χ3n) is 0.714. The Bertz CT molecular complexity index is 82.2. The van der Waals surface area contributed by atoms with Crippen LogP contribution in [0.1, 0.15) is 0 Å². The quantitative estimate of drug-likeness (QED) is 0.427. The lowest BCUT2D eigenvalue weighted by Crippen LogP contribution is -2.16. The van der Waals surface area contributed by atoms with Gasteiger partial charge in [-0.2, -0.15) is 9.63 Å². The van der Waals surface area contributed by atoms with E-state index >= 15 is 0 Å². The number of halogens is 1. The van der Waals surface area contributed by atoms with E-state index in [1.165, 1.54) is 4.53 Å². The second-order valence-electron chi connectivity index (χ2n) is 1.47. The number of hydrogen-bond acceptors (Lipinski definition) is 3. The van der Waals surface area contributed by atoms with Crippen LogP contribution in [-0.4, -0.2) is 29.5 Å². The molecule has 0 unspecified atom stereocenters. The van der Waals surface area contributed by atoms with Crippen molar-refractivity contribution < 1.29 is 0 Å². The molecule has 1 rings (SSSR count). The van der Waals surface area contributed by atoms with E-state index in [9.17, 15) is 0 Å². The smallest absolute Gasteiger partial charge is 0.125 e. The average molecular weight is 120 g/mol. The zero-order valence-electron chi connectivity index (χ0n) is 4.00. The lowest BCUT2D eigenvalue weighted by atomic mass is 10.9. The Hall–Kier alpha value is -0.440. The molecule has 0 N–H and O–H groups in total. The summed E-state index contributed by atoms with van der Waals surface area (Å²) in [6.45, 7) is 0.682. The first-order valence-electron chi connectivity index (χ1n) is 1.97. The van der Waals surface area contributed by atoms with E-state index < -0.39 is 0 Å². The van der Waals surface area contributed by atoms with Crippen molar-refractivity contribution in [3.8, 4) is 0 Å². The van der Waals surface area contributed by atoms with Crippen molar-refractivity contribution in [2.24, 2.45) is 5.10 Å². The molecule has 0 aromatic carbocycles. The Morgan fingerprint density at radius 3 is 2.71 bits per heavy atom. The largest absolute Gasteiger partial charge is 0.344 e. The zero-order valence-corrected chi connectivity index (χ0v) is 4.76. The minimum atomic E-state index is 0.682. The molecule has 1 aliphatic heterocycles. The van der Waals surface area contributed by atoms with Gasteiger partial charge in [0.15, 0.2) is 0 Å². The van der Waals surface area contributed by atoms with Crippen molar-refractivity contribution in [2.75, 3.05) is 13.7 Å². The fraction of sp³-hybridized carbons (Fsp3) is 0.667. The average Bonchev–Trinajstić information content (AvgIpc) is 1.87. The monoisotopic (exact) mass is 119 g/mol. The van der Waals surface area contributed by atoms with Crippen molar-refractivity contribution in [3.63, 3.8) is 0 Å². The van der Waals surface area contributed by atoms with Crippen molar-refractivity contribution >= 4 is 18.1 Å². The van der Waals surface area contributed by atoms with Crippen LogP contribution in [0.15, 0.2) is 5.10 Å². The highest BCUT2D eigenvalue weighted by molar-refractivity contribution is 6.13. The summed E-state index contributed by atoms with van der Waals surface area (Å²) in [6, 6.07) is 0. The second kappa shape index (κ2) is 1.58. The molecule has 0 saturated heterocycles. The van der Waals surface area contributed by atoms with Gasteiger partial charge in [0.2, 0.25) is 0 Å². The molecular formula is C3H6ClN3. The Labute approximate surface area is 47.3 Å². The van der Waals surface area contributed by atoms with Gasteiger partial charge in [-0.25, -0.2) is 0 Å². The molecule has 1 heterocycles. The molecule has 0 aromatic heterocycles. The molecule has 0 fully saturated rings. The van der Waals surface area contributed by atoms with Crippen LogP contribution in [-0.2, 0) is 0 Å². The van der Waals surface area contributed by atoms with Crippen LogP contribution in [0.5, 0.6) is 0 Å². The van der Waals surface area contributed by atoms with Gasteiger partial charge in [0, 0.05) is 18.8 Å². The Kier molecular flexibility index (Phi) is 1.06. The predicted molar refractivity (Wildman–Crippen MR) is 28.8 cm³/mol. The van der Waals surface area contributed by atoms with Gasteiger partial charge in [-0.1, -0.05) is 0 Å². The van der Waals surface area contributed by atoms with E-state index in [-0.39, 0.29) is 0 Å². The third-order valence-corrected chi connectivity index (χ3v) is 0.908. The van der Waals surface area contributed by atoms with Crippen LogP contribution in [0.2, 0.25) is 0 Å². The maximum Gasteiger partial charge on any atom is 0.125 e. The molecule has 0 bridgehead atoms. The number of nitrogens with zero attached hydrogens (tertiary/aromatic N) is 3. The standard InChI is InChI=1S/C3H6ClN3/c1-6-2-5-7(4)3-6/h2H,3H2,1H3. The van der Waals surface area contributed by atoms with Crippen molar-refractivity contribution in [3.05, 3.63) is 0 Å². The highest BCUT2D eigenvalue weighted by Gasteiger charge is 2.04. The summed E-state index contributed by atoms with van der Waals surface area (Å²) in [4.78, 5) is 1.88.